The van der Waals surface area contributed by atoms with E-state index in [4.69, 9.17) is 0 Å². The maximum atomic E-state index is 13.2. The van der Waals surface area contributed by atoms with Crippen molar-refractivity contribution in [3.8, 4) is 0 Å². The fourth-order valence-electron chi connectivity index (χ4n) is 4.59. The summed E-state index contributed by atoms with van der Waals surface area (Å²) in [4.78, 5) is 29.9. The van der Waals surface area contributed by atoms with Gasteiger partial charge in [0.1, 0.15) is 0 Å². The van der Waals surface area contributed by atoms with Crippen molar-refractivity contribution >= 4 is 17.5 Å². The van der Waals surface area contributed by atoms with Gasteiger partial charge in [-0.1, -0.05) is 56.3 Å². The molecule has 28 heavy (non-hydrogen) atoms. The molecule has 2 aromatic rings. The molecule has 1 saturated heterocycles. The lowest BCUT2D eigenvalue weighted by Crippen LogP contribution is -2.40. The number of nitrogens with zero attached hydrogens (tertiary/aromatic N) is 2. The summed E-state index contributed by atoms with van der Waals surface area (Å²) in [6.07, 6.45) is 2.98. The van der Waals surface area contributed by atoms with Gasteiger partial charge in [0.15, 0.2) is 0 Å². The topological polar surface area (TPSA) is 40.6 Å². The Labute approximate surface area is 167 Å². The highest BCUT2D eigenvalue weighted by Crippen LogP contribution is 2.33. The highest BCUT2D eigenvalue weighted by Gasteiger charge is 2.39. The number of anilines is 1. The van der Waals surface area contributed by atoms with Crippen LogP contribution in [0.1, 0.15) is 42.5 Å². The minimum Gasteiger partial charge on any atom is -0.338 e. The van der Waals surface area contributed by atoms with E-state index in [0.29, 0.717) is 19.5 Å². The van der Waals surface area contributed by atoms with Gasteiger partial charge in [0.2, 0.25) is 11.8 Å². The van der Waals surface area contributed by atoms with E-state index in [1.54, 1.807) is 0 Å². The van der Waals surface area contributed by atoms with Gasteiger partial charge in [-0.25, -0.2) is 0 Å². The van der Waals surface area contributed by atoms with Gasteiger partial charge in [0.25, 0.3) is 0 Å². The van der Waals surface area contributed by atoms with Crippen molar-refractivity contribution in [2.45, 2.75) is 46.1 Å². The van der Waals surface area contributed by atoms with E-state index >= 15 is 0 Å². The molecule has 2 aliphatic rings. The van der Waals surface area contributed by atoms with Crippen LogP contribution in [0.4, 0.5) is 5.69 Å². The molecule has 4 rings (SSSR count). The highest BCUT2D eigenvalue weighted by molar-refractivity contribution is 6.01. The first-order chi connectivity index (χ1) is 13.6. The second-order valence-electron chi connectivity index (χ2n) is 7.82. The van der Waals surface area contributed by atoms with Crippen molar-refractivity contribution in [1.82, 2.24) is 4.90 Å². The molecule has 1 atom stereocenters. The van der Waals surface area contributed by atoms with E-state index < -0.39 is 0 Å². The van der Waals surface area contributed by atoms with E-state index in [2.05, 4.69) is 50.2 Å². The Morgan fingerprint density at radius 2 is 1.68 bits per heavy atom. The number of carbonyl (C=O) groups excluding carboxylic acids is 2. The minimum atomic E-state index is -0.243. The molecule has 2 amide bonds. The standard InChI is InChI=1S/C24H28N2O2/c1-3-17-10-7-11-18(4-2)23(17)26-16-21(14-22(26)27)24(28)25-13-12-19-8-5-6-9-20(19)15-25/h5-11,21H,3-4,12-16H2,1-2H3. The van der Waals surface area contributed by atoms with Gasteiger partial charge >= 0.3 is 0 Å². The van der Waals surface area contributed by atoms with Gasteiger partial charge in [0.05, 0.1) is 5.92 Å². The third-order valence-electron chi connectivity index (χ3n) is 6.15. The summed E-state index contributed by atoms with van der Waals surface area (Å²) < 4.78 is 0. The predicted octanol–water partition coefficient (Wildman–Crippen LogP) is 3.75. The summed E-state index contributed by atoms with van der Waals surface area (Å²) in [6.45, 7) is 6.14. The zero-order valence-electron chi connectivity index (χ0n) is 16.8. The van der Waals surface area contributed by atoms with E-state index in [1.807, 2.05) is 15.9 Å². The Bertz CT molecular complexity index is 883. The number of hydrogen-bond acceptors (Lipinski definition) is 2. The molecule has 2 aromatic carbocycles. The quantitative estimate of drug-likeness (QED) is 0.815. The van der Waals surface area contributed by atoms with Crippen LogP contribution in [0, 0.1) is 5.92 Å². The predicted molar refractivity (Wildman–Crippen MR) is 111 cm³/mol. The Balaban J connectivity index is 1.54. The van der Waals surface area contributed by atoms with Gasteiger partial charge in [-0.2, -0.15) is 0 Å². The molecule has 0 aromatic heterocycles. The van der Waals surface area contributed by atoms with E-state index in [9.17, 15) is 9.59 Å². The number of fused-ring (bicyclic) bond motifs is 1. The zero-order chi connectivity index (χ0) is 19.7. The Morgan fingerprint density at radius 1 is 1.00 bits per heavy atom. The van der Waals surface area contributed by atoms with Crippen LogP contribution in [0.15, 0.2) is 42.5 Å². The average molecular weight is 377 g/mol. The molecule has 0 saturated carbocycles. The second kappa shape index (κ2) is 7.78. The number of hydrogen-bond donors (Lipinski definition) is 0. The molecule has 2 aliphatic heterocycles. The Morgan fingerprint density at radius 3 is 2.36 bits per heavy atom. The van der Waals surface area contributed by atoms with Crippen LogP contribution in [0.5, 0.6) is 0 Å². The van der Waals surface area contributed by atoms with Crippen LogP contribution >= 0.6 is 0 Å². The van der Waals surface area contributed by atoms with Crippen molar-refractivity contribution in [2.24, 2.45) is 5.92 Å². The molecule has 4 nitrogen and oxygen atoms in total. The number of carbonyl (C=O) groups is 2. The number of benzene rings is 2. The van der Waals surface area contributed by atoms with Crippen molar-refractivity contribution < 1.29 is 9.59 Å². The average Bonchev–Trinajstić information content (AvgIpc) is 3.13. The fourth-order valence-corrected chi connectivity index (χ4v) is 4.59. The molecular formula is C24H28N2O2. The van der Waals surface area contributed by atoms with Crippen molar-refractivity contribution in [2.75, 3.05) is 18.0 Å². The van der Waals surface area contributed by atoms with E-state index in [1.165, 1.54) is 22.3 Å². The highest BCUT2D eigenvalue weighted by atomic mass is 16.2. The van der Waals surface area contributed by atoms with Crippen LogP contribution < -0.4 is 4.90 Å². The van der Waals surface area contributed by atoms with Gasteiger partial charge in [-0.05, 0) is 41.5 Å². The van der Waals surface area contributed by atoms with Crippen molar-refractivity contribution in [1.29, 1.82) is 0 Å². The summed E-state index contributed by atoms with van der Waals surface area (Å²) in [5, 5.41) is 0. The first kappa shape index (κ1) is 18.7. The number of amides is 2. The maximum absolute atomic E-state index is 13.2. The molecule has 1 unspecified atom stereocenters. The summed E-state index contributed by atoms with van der Waals surface area (Å²) in [7, 11) is 0. The van der Waals surface area contributed by atoms with Gasteiger partial charge in [-0.3, -0.25) is 9.59 Å². The lowest BCUT2D eigenvalue weighted by atomic mass is 9.98. The lowest BCUT2D eigenvalue weighted by molar-refractivity contribution is -0.136. The summed E-state index contributed by atoms with van der Waals surface area (Å²) >= 11 is 0. The lowest BCUT2D eigenvalue weighted by Gasteiger charge is -2.31. The third-order valence-corrected chi connectivity index (χ3v) is 6.15. The molecule has 4 heteroatoms. The molecule has 146 valence electrons. The summed E-state index contributed by atoms with van der Waals surface area (Å²) in [5.74, 6) is -0.0453. The first-order valence-corrected chi connectivity index (χ1v) is 10.4. The molecule has 1 fully saturated rings. The van der Waals surface area contributed by atoms with E-state index in [-0.39, 0.29) is 17.7 Å². The van der Waals surface area contributed by atoms with E-state index in [0.717, 1.165) is 31.5 Å². The Kier molecular flexibility index (Phi) is 5.21. The monoisotopic (exact) mass is 376 g/mol. The van der Waals surface area contributed by atoms with Crippen LogP contribution in [-0.2, 0) is 35.4 Å². The summed E-state index contributed by atoms with van der Waals surface area (Å²) in [5.41, 5.74) is 5.98. The largest absolute Gasteiger partial charge is 0.338 e. The molecule has 0 N–H and O–H groups in total. The molecule has 0 bridgehead atoms. The number of rotatable bonds is 4. The zero-order valence-corrected chi connectivity index (χ0v) is 16.8. The smallest absolute Gasteiger partial charge is 0.228 e. The minimum absolute atomic E-state index is 0.0753. The molecule has 0 radical (unpaired) electrons. The van der Waals surface area contributed by atoms with Crippen molar-refractivity contribution in [3.05, 3.63) is 64.7 Å². The normalized spacial score (nSPS) is 19.1. The van der Waals surface area contributed by atoms with Crippen LogP contribution in [0.3, 0.4) is 0 Å². The first-order valence-electron chi connectivity index (χ1n) is 10.4. The van der Waals surface area contributed by atoms with Gasteiger partial charge in [0, 0.05) is 31.7 Å². The third kappa shape index (κ3) is 3.32. The van der Waals surface area contributed by atoms with Crippen LogP contribution in [0.2, 0.25) is 0 Å². The molecule has 0 spiro atoms. The van der Waals surface area contributed by atoms with Gasteiger partial charge in [-0.15, -0.1) is 0 Å². The fraction of sp³-hybridized carbons (Fsp3) is 0.417. The summed E-state index contributed by atoms with van der Waals surface area (Å²) in [6, 6.07) is 14.6. The number of para-hydroxylation sites is 1. The number of aryl methyl sites for hydroxylation is 2. The SMILES string of the molecule is CCc1cccc(CC)c1N1CC(C(=O)N2CCc3ccccc3C2)CC1=O. The van der Waals surface area contributed by atoms with Crippen LogP contribution in [0.25, 0.3) is 0 Å². The maximum Gasteiger partial charge on any atom is 0.228 e. The van der Waals surface area contributed by atoms with Crippen LogP contribution in [-0.4, -0.2) is 29.8 Å². The van der Waals surface area contributed by atoms with Gasteiger partial charge < -0.3 is 9.80 Å². The Hall–Kier alpha value is -2.62. The van der Waals surface area contributed by atoms with Crippen molar-refractivity contribution in [3.63, 3.8) is 0 Å². The molecule has 0 aliphatic carbocycles. The second-order valence-corrected chi connectivity index (χ2v) is 7.82. The molecule has 2 heterocycles. The molecular weight excluding hydrogens is 348 g/mol.